The van der Waals surface area contributed by atoms with E-state index in [9.17, 15) is 0 Å². The van der Waals surface area contributed by atoms with E-state index in [4.69, 9.17) is 5.73 Å². The van der Waals surface area contributed by atoms with Crippen LogP contribution in [0, 0.1) is 11.3 Å². The molecule has 0 spiro atoms. The van der Waals surface area contributed by atoms with Gasteiger partial charge in [0.25, 0.3) is 0 Å². The van der Waals surface area contributed by atoms with E-state index in [1.54, 1.807) is 0 Å². The number of hydrogen-bond donors (Lipinski definition) is 1. The monoisotopic (exact) mass is 259 g/mol. The Hall–Kier alpha value is -0.820. The van der Waals surface area contributed by atoms with Gasteiger partial charge in [0.2, 0.25) is 0 Å². The highest BCUT2D eigenvalue weighted by molar-refractivity contribution is 5.29. The van der Waals surface area contributed by atoms with E-state index in [2.05, 4.69) is 52.0 Å². The molecule has 1 aliphatic carbocycles. The van der Waals surface area contributed by atoms with Crippen LogP contribution in [0.4, 0.5) is 0 Å². The molecule has 1 nitrogen and oxygen atoms in total. The normalized spacial score (nSPS) is 28.4. The molecule has 0 amide bonds. The molecule has 0 aromatic heterocycles. The van der Waals surface area contributed by atoms with Crippen molar-refractivity contribution in [1.29, 1.82) is 0 Å². The van der Waals surface area contributed by atoms with Crippen LogP contribution in [0.15, 0.2) is 24.3 Å². The Morgan fingerprint density at radius 3 is 2.05 bits per heavy atom. The van der Waals surface area contributed by atoms with Crippen LogP contribution in [-0.4, -0.2) is 0 Å². The van der Waals surface area contributed by atoms with Gasteiger partial charge in [-0.2, -0.15) is 0 Å². The molecule has 0 unspecified atom stereocenters. The van der Waals surface area contributed by atoms with Gasteiger partial charge >= 0.3 is 0 Å². The summed E-state index contributed by atoms with van der Waals surface area (Å²) in [7, 11) is 0. The molecule has 0 heterocycles. The van der Waals surface area contributed by atoms with Crippen molar-refractivity contribution < 1.29 is 0 Å². The van der Waals surface area contributed by atoms with Crippen LogP contribution in [-0.2, 0) is 12.0 Å². The Morgan fingerprint density at radius 2 is 1.63 bits per heavy atom. The smallest absolute Gasteiger partial charge is 0.0409 e. The van der Waals surface area contributed by atoms with Crippen LogP contribution in [0.25, 0.3) is 0 Å². The molecule has 2 N–H and O–H groups in total. The minimum absolute atomic E-state index is 0.0893. The van der Waals surface area contributed by atoms with Crippen molar-refractivity contribution in [2.24, 2.45) is 17.1 Å². The molecule has 106 valence electrons. The highest BCUT2D eigenvalue weighted by Gasteiger charge is 2.37. The predicted octanol–water partition coefficient (Wildman–Crippen LogP) is 4.64. The summed E-state index contributed by atoms with van der Waals surface area (Å²) in [5, 5.41) is 0. The van der Waals surface area contributed by atoms with Crippen LogP contribution in [0.3, 0.4) is 0 Å². The van der Waals surface area contributed by atoms with E-state index in [0.29, 0.717) is 5.41 Å². The van der Waals surface area contributed by atoms with Crippen LogP contribution in [0.2, 0.25) is 0 Å². The summed E-state index contributed by atoms with van der Waals surface area (Å²) < 4.78 is 0. The fourth-order valence-corrected chi connectivity index (χ4v) is 3.36. The maximum absolute atomic E-state index is 6.68. The number of benzene rings is 1. The van der Waals surface area contributed by atoms with Crippen molar-refractivity contribution in [3.63, 3.8) is 0 Å². The van der Waals surface area contributed by atoms with E-state index in [-0.39, 0.29) is 5.54 Å². The molecular weight excluding hydrogens is 230 g/mol. The SMILES string of the molecule is CCc1ccc(C2(N)CCC(C(C)(C)C)CC2)cc1. The molecule has 1 aromatic rings. The van der Waals surface area contributed by atoms with Gasteiger partial charge in [-0.15, -0.1) is 0 Å². The second kappa shape index (κ2) is 5.28. The van der Waals surface area contributed by atoms with E-state index in [1.165, 1.54) is 24.0 Å². The first kappa shape index (κ1) is 14.6. The lowest BCUT2D eigenvalue weighted by molar-refractivity contribution is 0.134. The molecule has 19 heavy (non-hydrogen) atoms. The van der Waals surface area contributed by atoms with E-state index in [1.807, 2.05) is 0 Å². The highest BCUT2D eigenvalue weighted by Crippen LogP contribution is 2.44. The van der Waals surface area contributed by atoms with Gasteiger partial charge < -0.3 is 5.73 Å². The van der Waals surface area contributed by atoms with Crippen molar-refractivity contribution in [3.8, 4) is 0 Å². The quantitative estimate of drug-likeness (QED) is 0.822. The highest BCUT2D eigenvalue weighted by atomic mass is 14.7. The minimum Gasteiger partial charge on any atom is -0.321 e. The zero-order valence-corrected chi connectivity index (χ0v) is 13.0. The number of hydrogen-bond acceptors (Lipinski definition) is 1. The largest absolute Gasteiger partial charge is 0.321 e. The molecule has 1 heteroatoms. The number of aryl methyl sites for hydroxylation is 1. The lowest BCUT2D eigenvalue weighted by atomic mass is 9.66. The Bertz CT molecular complexity index is 402. The Balaban J connectivity index is 2.08. The maximum Gasteiger partial charge on any atom is 0.0409 e. The van der Waals surface area contributed by atoms with Crippen LogP contribution < -0.4 is 5.73 Å². The number of nitrogens with two attached hydrogens (primary N) is 1. The van der Waals surface area contributed by atoms with Crippen molar-refractivity contribution in [2.75, 3.05) is 0 Å². The van der Waals surface area contributed by atoms with Crippen molar-refractivity contribution in [2.45, 2.75) is 65.3 Å². The fourth-order valence-electron chi connectivity index (χ4n) is 3.36. The minimum atomic E-state index is -0.0893. The van der Waals surface area contributed by atoms with E-state index in [0.717, 1.165) is 25.2 Å². The first-order chi connectivity index (χ1) is 8.85. The first-order valence-corrected chi connectivity index (χ1v) is 7.73. The van der Waals surface area contributed by atoms with Crippen molar-refractivity contribution in [3.05, 3.63) is 35.4 Å². The van der Waals surface area contributed by atoms with E-state index < -0.39 is 0 Å². The third-order valence-corrected chi connectivity index (χ3v) is 5.04. The molecule has 0 saturated heterocycles. The Kier molecular flexibility index (Phi) is 4.06. The Morgan fingerprint density at radius 1 is 1.11 bits per heavy atom. The van der Waals surface area contributed by atoms with Crippen molar-refractivity contribution in [1.82, 2.24) is 0 Å². The van der Waals surface area contributed by atoms with Gasteiger partial charge in [-0.3, -0.25) is 0 Å². The van der Waals surface area contributed by atoms with Gasteiger partial charge in [0, 0.05) is 5.54 Å². The van der Waals surface area contributed by atoms with Crippen LogP contribution in [0.5, 0.6) is 0 Å². The Labute approximate surface area is 118 Å². The lowest BCUT2D eigenvalue weighted by Gasteiger charge is -2.42. The molecule has 0 radical (unpaired) electrons. The first-order valence-electron chi connectivity index (χ1n) is 7.73. The molecule has 2 rings (SSSR count). The van der Waals surface area contributed by atoms with E-state index >= 15 is 0 Å². The van der Waals surface area contributed by atoms with Gasteiger partial charge in [-0.1, -0.05) is 52.0 Å². The summed E-state index contributed by atoms with van der Waals surface area (Å²) in [5.41, 5.74) is 9.74. The van der Waals surface area contributed by atoms with Gasteiger partial charge in [0.05, 0.1) is 0 Å². The maximum atomic E-state index is 6.68. The van der Waals surface area contributed by atoms with Crippen molar-refractivity contribution >= 4 is 0 Å². The average molecular weight is 259 g/mol. The average Bonchev–Trinajstić information content (AvgIpc) is 2.38. The third-order valence-electron chi connectivity index (χ3n) is 5.04. The van der Waals surface area contributed by atoms with Gasteiger partial charge in [0.15, 0.2) is 0 Å². The second-order valence-corrected chi connectivity index (χ2v) is 7.35. The summed E-state index contributed by atoms with van der Waals surface area (Å²) in [6, 6.07) is 8.96. The van der Waals surface area contributed by atoms with Crippen LogP contribution in [0.1, 0.15) is 64.5 Å². The molecular formula is C18H29N. The molecule has 1 aromatic carbocycles. The zero-order valence-electron chi connectivity index (χ0n) is 13.0. The molecule has 0 aliphatic heterocycles. The summed E-state index contributed by atoms with van der Waals surface area (Å²) >= 11 is 0. The van der Waals surface area contributed by atoms with Gasteiger partial charge in [-0.25, -0.2) is 0 Å². The summed E-state index contributed by atoms with van der Waals surface area (Å²) in [5.74, 6) is 0.819. The summed E-state index contributed by atoms with van der Waals surface area (Å²) in [4.78, 5) is 0. The van der Waals surface area contributed by atoms with Gasteiger partial charge in [-0.05, 0) is 54.6 Å². The molecule has 1 aliphatic rings. The second-order valence-electron chi connectivity index (χ2n) is 7.35. The summed E-state index contributed by atoms with van der Waals surface area (Å²) in [6.45, 7) is 9.27. The third kappa shape index (κ3) is 3.20. The topological polar surface area (TPSA) is 26.0 Å². The molecule has 1 fully saturated rings. The molecule has 0 atom stereocenters. The molecule has 0 bridgehead atoms. The fraction of sp³-hybridized carbons (Fsp3) is 0.667. The summed E-state index contributed by atoms with van der Waals surface area (Å²) in [6.07, 6.45) is 5.87. The van der Waals surface area contributed by atoms with Crippen LogP contribution >= 0.6 is 0 Å². The predicted molar refractivity (Wildman–Crippen MR) is 83.1 cm³/mol. The zero-order chi connectivity index (χ0) is 14.1. The van der Waals surface area contributed by atoms with Gasteiger partial charge in [0.1, 0.15) is 0 Å². The lowest BCUT2D eigenvalue weighted by Crippen LogP contribution is -2.42. The standard InChI is InChI=1S/C18H29N/c1-5-14-6-8-16(9-7-14)18(19)12-10-15(11-13-18)17(2,3)4/h6-9,15H,5,10-13,19H2,1-4H3. The number of rotatable bonds is 2. The molecule has 1 saturated carbocycles.